The summed E-state index contributed by atoms with van der Waals surface area (Å²) in [5.41, 5.74) is 3.60. The smallest absolute Gasteiger partial charge is 0.245 e. The molecule has 42 heavy (non-hydrogen) atoms. The van der Waals surface area contributed by atoms with Crippen molar-refractivity contribution in [3.05, 3.63) is 53.7 Å². The zero-order valence-electron chi connectivity index (χ0n) is 24.7. The molecule has 4 aromatic heterocycles. The molecular weight excluding hydrogens is 546 g/mol. The fraction of sp³-hybridized carbons (Fsp3) is 0.469. The van der Waals surface area contributed by atoms with Gasteiger partial charge in [0.2, 0.25) is 5.91 Å². The molecule has 220 valence electrons. The summed E-state index contributed by atoms with van der Waals surface area (Å²) in [6.07, 6.45) is 7.84. The van der Waals surface area contributed by atoms with Gasteiger partial charge in [-0.2, -0.15) is 5.10 Å². The predicted molar refractivity (Wildman–Crippen MR) is 167 cm³/mol. The van der Waals surface area contributed by atoms with Crippen molar-refractivity contribution in [2.75, 3.05) is 37.6 Å². The van der Waals surface area contributed by atoms with E-state index in [-0.39, 0.29) is 17.7 Å². The molecule has 0 N–H and O–H groups in total. The number of Topliss-reactive ketones (excluding diaryl/α,β-unsaturated/α-hetero) is 1. The molecule has 0 aliphatic carbocycles. The van der Waals surface area contributed by atoms with Crippen LogP contribution in [0.25, 0.3) is 27.5 Å². The number of anilines is 1. The molecule has 0 bridgehead atoms. The molecule has 10 heteroatoms. The van der Waals surface area contributed by atoms with Crippen LogP contribution in [0.15, 0.2) is 48.1 Å². The van der Waals surface area contributed by atoms with E-state index in [4.69, 9.17) is 9.97 Å². The van der Waals surface area contributed by atoms with Gasteiger partial charge in [0.25, 0.3) is 0 Å². The number of hydrogen-bond donors (Lipinski definition) is 0. The Bertz CT molecular complexity index is 1560. The van der Waals surface area contributed by atoms with Crippen LogP contribution in [0.1, 0.15) is 63.2 Å². The second kappa shape index (κ2) is 12.3. The van der Waals surface area contributed by atoms with Gasteiger partial charge in [-0.3, -0.25) is 9.59 Å². The molecule has 6 rings (SSSR count). The third-order valence-electron chi connectivity index (χ3n) is 8.79. The Morgan fingerprint density at radius 2 is 1.88 bits per heavy atom. The van der Waals surface area contributed by atoms with E-state index < -0.39 is 0 Å². The molecular formula is C32H39N7O2S. The normalized spacial score (nSPS) is 17.7. The number of carbonyl (C=O) groups excluding carboxylic acids is 2. The van der Waals surface area contributed by atoms with Crippen LogP contribution in [0, 0.1) is 0 Å². The molecule has 2 aliphatic rings. The van der Waals surface area contributed by atoms with E-state index in [1.165, 1.54) is 0 Å². The fourth-order valence-corrected chi connectivity index (χ4v) is 6.85. The first-order chi connectivity index (χ1) is 20.5. The first-order valence-corrected chi connectivity index (χ1v) is 16.1. The van der Waals surface area contributed by atoms with E-state index in [2.05, 4.69) is 41.7 Å². The monoisotopic (exact) mass is 585 g/mol. The molecule has 2 fully saturated rings. The summed E-state index contributed by atoms with van der Waals surface area (Å²) < 4.78 is 1.75. The minimum Gasteiger partial charge on any atom is -0.344 e. The Morgan fingerprint density at radius 3 is 2.57 bits per heavy atom. The zero-order chi connectivity index (χ0) is 29.2. The summed E-state index contributed by atoms with van der Waals surface area (Å²) in [5, 5.41) is 6.58. The number of amides is 1. The highest BCUT2D eigenvalue weighted by atomic mass is 32.1. The summed E-state index contributed by atoms with van der Waals surface area (Å²) in [5.74, 6) is 0.931. The topological polar surface area (TPSA) is 86.9 Å². The van der Waals surface area contributed by atoms with Crippen molar-refractivity contribution in [3.8, 4) is 21.8 Å². The van der Waals surface area contributed by atoms with Crippen LogP contribution in [0.5, 0.6) is 0 Å². The summed E-state index contributed by atoms with van der Waals surface area (Å²) in [4.78, 5) is 44.5. The summed E-state index contributed by atoms with van der Waals surface area (Å²) >= 11 is 1.64. The molecule has 2 saturated heterocycles. The third kappa shape index (κ3) is 5.57. The molecule has 2 aliphatic heterocycles. The Morgan fingerprint density at radius 1 is 1.07 bits per heavy atom. The highest BCUT2D eigenvalue weighted by Gasteiger charge is 2.38. The van der Waals surface area contributed by atoms with Crippen molar-refractivity contribution in [2.45, 2.75) is 65.0 Å². The van der Waals surface area contributed by atoms with Crippen molar-refractivity contribution in [3.63, 3.8) is 0 Å². The number of thiophene rings is 1. The molecule has 0 saturated carbocycles. The van der Waals surface area contributed by atoms with E-state index in [0.717, 1.165) is 74.5 Å². The fourth-order valence-electron chi connectivity index (χ4n) is 6.15. The van der Waals surface area contributed by atoms with Gasteiger partial charge in [-0.15, -0.1) is 11.3 Å². The lowest BCUT2D eigenvalue weighted by Crippen LogP contribution is -2.57. The predicted octanol–water partition coefficient (Wildman–Crippen LogP) is 5.41. The van der Waals surface area contributed by atoms with E-state index in [0.29, 0.717) is 35.2 Å². The van der Waals surface area contributed by atoms with Crippen LogP contribution in [0.4, 0.5) is 5.82 Å². The SMILES string of the molecule is CCN(CC)[C@@H](C)CCC(=O)c1cc(-c2cnn3ccc(-c4cccs4)nc23)nc(N2CC[C@H]2C(=O)N2CCCC2)c1. The number of rotatable bonds is 11. The summed E-state index contributed by atoms with van der Waals surface area (Å²) in [6, 6.07) is 9.87. The Kier molecular flexibility index (Phi) is 8.35. The van der Waals surface area contributed by atoms with E-state index in [9.17, 15) is 9.59 Å². The molecule has 2 atom stereocenters. The number of pyridine rings is 1. The number of nitrogens with zero attached hydrogens (tertiary/aromatic N) is 7. The maximum Gasteiger partial charge on any atom is 0.245 e. The van der Waals surface area contributed by atoms with Crippen LogP contribution in [0.2, 0.25) is 0 Å². The quantitative estimate of drug-likeness (QED) is 0.218. The van der Waals surface area contributed by atoms with Crippen molar-refractivity contribution >= 4 is 34.5 Å². The number of fused-ring (bicyclic) bond motifs is 1. The summed E-state index contributed by atoms with van der Waals surface area (Å²) in [7, 11) is 0. The second-order valence-electron chi connectivity index (χ2n) is 11.3. The third-order valence-corrected chi connectivity index (χ3v) is 9.69. The molecule has 1 amide bonds. The summed E-state index contributed by atoms with van der Waals surface area (Å²) in [6.45, 7) is 10.8. The maximum absolute atomic E-state index is 13.7. The van der Waals surface area contributed by atoms with Crippen LogP contribution in [-0.4, -0.2) is 85.9 Å². The molecule has 0 aromatic carbocycles. The standard InChI is InChI=1S/C32H39N7O2S/c1-4-36(5-2)22(3)10-11-28(40)23-19-26(24-21-33-39-17-12-25(35-31(24)39)29-9-8-18-42-29)34-30(20-23)38-16-13-27(38)32(41)37-14-6-7-15-37/h8-9,12,17-22,27H,4-7,10-11,13-16H2,1-3H3/t22-,27-/m0/s1. The number of carbonyl (C=O) groups is 2. The Labute approximate surface area is 251 Å². The highest BCUT2D eigenvalue weighted by Crippen LogP contribution is 2.33. The highest BCUT2D eigenvalue weighted by molar-refractivity contribution is 7.13. The van der Waals surface area contributed by atoms with Gasteiger partial charge in [-0.05, 0) is 75.3 Å². The van der Waals surface area contributed by atoms with Gasteiger partial charge in [-0.25, -0.2) is 14.5 Å². The lowest BCUT2D eigenvalue weighted by Gasteiger charge is -2.42. The van der Waals surface area contributed by atoms with Crippen LogP contribution in [0.3, 0.4) is 0 Å². The van der Waals surface area contributed by atoms with E-state index in [1.54, 1.807) is 22.0 Å². The first-order valence-electron chi connectivity index (χ1n) is 15.2. The minimum atomic E-state index is -0.232. The average Bonchev–Trinajstić information content (AvgIpc) is 3.78. The number of aromatic nitrogens is 4. The van der Waals surface area contributed by atoms with E-state index >= 15 is 0 Å². The molecule has 6 heterocycles. The zero-order valence-corrected chi connectivity index (χ0v) is 25.5. The van der Waals surface area contributed by atoms with E-state index in [1.807, 2.05) is 40.7 Å². The van der Waals surface area contributed by atoms with Gasteiger partial charge in [-0.1, -0.05) is 19.9 Å². The van der Waals surface area contributed by atoms with Gasteiger partial charge in [0.05, 0.1) is 28.0 Å². The van der Waals surface area contributed by atoms with Crippen LogP contribution in [-0.2, 0) is 4.79 Å². The van der Waals surface area contributed by atoms with Gasteiger partial charge in [0.1, 0.15) is 11.9 Å². The number of likely N-dealkylation sites (tertiary alicyclic amines) is 1. The number of hydrogen-bond acceptors (Lipinski definition) is 8. The molecule has 9 nitrogen and oxygen atoms in total. The maximum atomic E-state index is 13.7. The van der Waals surface area contributed by atoms with Gasteiger partial charge < -0.3 is 14.7 Å². The van der Waals surface area contributed by atoms with Crippen molar-refractivity contribution < 1.29 is 9.59 Å². The van der Waals surface area contributed by atoms with Crippen molar-refractivity contribution in [1.29, 1.82) is 0 Å². The Hall–Kier alpha value is -3.63. The van der Waals surface area contributed by atoms with Gasteiger partial charge >= 0.3 is 0 Å². The molecule has 0 spiro atoms. The van der Waals surface area contributed by atoms with Gasteiger partial charge in [0.15, 0.2) is 11.4 Å². The number of ketones is 1. The van der Waals surface area contributed by atoms with Crippen LogP contribution >= 0.6 is 11.3 Å². The lowest BCUT2D eigenvalue weighted by atomic mass is 9.99. The largest absolute Gasteiger partial charge is 0.344 e. The lowest BCUT2D eigenvalue weighted by molar-refractivity contribution is -0.132. The van der Waals surface area contributed by atoms with Gasteiger partial charge in [0, 0.05) is 43.9 Å². The van der Waals surface area contributed by atoms with Crippen molar-refractivity contribution in [2.24, 2.45) is 0 Å². The Balaban J connectivity index is 1.35. The molecule has 0 radical (unpaired) electrons. The average molecular weight is 586 g/mol. The van der Waals surface area contributed by atoms with Crippen LogP contribution < -0.4 is 4.90 Å². The molecule has 4 aromatic rings. The minimum absolute atomic E-state index is 0.0885. The molecule has 0 unspecified atom stereocenters. The second-order valence-corrected chi connectivity index (χ2v) is 12.2. The van der Waals surface area contributed by atoms with Crippen molar-refractivity contribution in [1.82, 2.24) is 29.4 Å². The first kappa shape index (κ1) is 28.5.